The Morgan fingerprint density at radius 2 is 2.00 bits per heavy atom. The molecule has 4 nitrogen and oxygen atoms in total. The number of amides is 1. The number of carbonyl (C=O) groups excluding carboxylic acids is 1. The van der Waals surface area contributed by atoms with Crippen LogP contribution in [-0.4, -0.2) is 17.6 Å². The van der Waals surface area contributed by atoms with Crippen molar-refractivity contribution in [2.24, 2.45) is 0 Å². The molecule has 1 amide bonds. The van der Waals surface area contributed by atoms with Crippen LogP contribution in [0.2, 0.25) is 0 Å². The minimum atomic E-state index is -0.445. The fourth-order valence-electron chi connectivity index (χ4n) is 1.84. The molecule has 0 aliphatic carbocycles. The van der Waals surface area contributed by atoms with Crippen LogP contribution in [0.4, 0.5) is 10.1 Å². The number of carbonyl (C=O) groups is 1. The summed E-state index contributed by atoms with van der Waals surface area (Å²) in [7, 11) is 0. The quantitative estimate of drug-likeness (QED) is 0.819. The van der Waals surface area contributed by atoms with Crippen LogP contribution < -0.4 is 15.4 Å². The molecule has 6 heteroatoms. The number of hydrogen-bond acceptors (Lipinski definition) is 3. The summed E-state index contributed by atoms with van der Waals surface area (Å²) in [6, 6.07) is 12.9. The number of anilines is 1. The van der Waals surface area contributed by atoms with Crippen LogP contribution in [0.15, 0.2) is 48.5 Å². The first-order chi connectivity index (χ1) is 11.1. The summed E-state index contributed by atoms with van der Waals surface area (Å²) in [5.41, 5.74) is 0.620. The van der Waals surface area contributed by atoms with Crippen molar-refractivity contribution in [3.8, 4) is 5.75 Å². The van der Waals surface area contributed by atoms with Gasteiger partial charge in [0, 0.05) is 5.56 Å². The lowest BCUT2D eigenvalue weighted by molar-refractivity contribution is 0.0977. The topological polar surface area (TPSA) is 50.4 Å². The third-order valence-corrected chi connectivity index (χ3v) is 3.12. The van der Waals surface area contributed by atoms with E-state index >= 15 is 0 Å². The SMILES string of the molecule is CCCOc1cccc(C(=O)NC(=S)Nc2ccccc2F)c1. The van der Waals surface area contributed by atoms with Crippen LogP contribution in [0.25, 0.3) is 0 Å². The average molecular weight is 332 g/mol. The molecule has 0 aromatic heterocycles. The maximum atomic E-state index is 13.5. The molecule has 2 aromatic carbocycles. The van der Waals surface area contributed by atoms with Gasteiger partial charge in [-0.2, -0.15) is 0 Å². The molecular formula is C17H17FN2O2S. The highest BCUT2D eigenvalue weighted by atomic mass is 32.1. The smallest absolute Gasteiger partial charge is 0.257 e. The number of rotatable bonds is 5. The fourth-order valence-corrected chi connectivity index (χ4v) is 2.04. The van der Waals surface area contributed by atoms with Crippen LogP contribution in [0.1, 0.15) is 23.7 Å². The van der Waals surface area contributed by atoms with E-state index in [0.29, 0.717) is 17.9 Å². The molecule has 0 saturated heterocycles. The predicted octanol–water partition coefficient (Wildman–Crippen LogP) is 3.74. The van der Waals surface area contributed by atoms with Crippen LogP contribution in [0.5, 0.6) is 5.75 Å². The van der Waals surface area contributed by atoms with Crippen molar-refractivity contribution in [2.75, 3.05) is 11.9 Å². The Morgan fingerprint density at radius 1 is 1.22 bits per heavy atom. The summed E-state index contributed by atoms with van der Waals surface area (Å²) in [5.74, 6) is -0.215. The normalized spacial score (nSPS) is 10.0. The van der Waals surface area contributed by atoms with Gasteiger partial charge in [-0.25, -0.2) is 4.39 Å². The van der Waals surface area contributed by atoms with E-state index in [2.05, 4.69) is 10.6 Å². The molecule has 2 rings (SSSR count). The largest absolute Gasteiger partial charge is 0.494 e. The van der Waals surface area contributed by atoms with Crippen molar-refractivity contribution >= 4 is 28.9 Å². The number of halogens is 1. The van der Waals surface area contributed by atoms with E-state index in [9.17, 15) is 9.18 Å². The lowest BCUT2D eigenvalue weighted by Gasteiger charge is -2.11. The second-order valence-electron chi connectivity index (χ2n) is 4.76. The van der Waals surface area contributed by atoms with Crippen LogP contribution >= 0.6 is 12.2 Å². The summed E-state index contributed by atoms with van der Waals surface area (Å²) >= 11 is 5.03. The molecule has 0 saturated carbocycles. The van der Waals surface area contributed by atoms with Gasteiger partial charge in [-0.15, -0.1) is 0 Å². The molecule has 0 fully saturated rings. The van der Waals surface area contributed by atoms with Crippen molar-refractivity contribution in [1.29, 1.82) is 0 Å². The molecule has 0 unspecified atom stereocenters. The third kappa shape index (κ3) is 5.03. The molecule has 0 aliphatic heterocycles. The maximum absolute atomic E-state index is 13.5. The molecule has 2 aromatic rings. The third-order valence-electron chi connectivity index (χ3n) is 2.92. The zero-order chi connectivity index (χ0) is 16.7. The van der Waals surface area contributed by atoms with Gasteiger partial charge in [0.25, 0.3) is 5.91 Å². The zero-order valence-electron chi connectivity index (χ0n) is 12.6. The first kappa shape index (κ1) is 16.9. The Morgan fingerprint density at radius 3 is 2.74 bits per heavy atom. The number of ether oxygens (including phenoxy) is 1. The van der Waals surface area contributed by atoms with Crippen LogP contribution in [-0.2, 0) is 0 Å². The van der Waals surface area contributed by atoms with E-state index in [-0.39, 0.29) is 16.7 Å². The Bertz CT molecular complexity index is 706. The van der Waals surface area contributed by atoms with Gasteiger partial charge in [0.05, 0.1) is 12.3 Å². The van der Waals surface area contributed by atoms with Gasteiger partial charge in [0.1, 0.15) is 11.6 Å². The standard InChI is InChI=1S/C17H17FN2O2S/c1-2-10-22-13-7-5-6-12(11-13)16(21)20-17(23)19-15-9-4-3-8-14(15)18/h3-9,11H,2,10H2,1H3,(H2,19,20,21,23). The monoisotopic (exact) mass is 332 g/mol. The summed E-state index contributed by atoms with van der Waals surface area (Å²) in [4.78, 5) is 12.2. The van der Waals surface area contributed by atoms with Gasteiger partial charge in [0.2, 0.25) is 0 Å². The Balaban J connectivity index is 1.98. The van der Waals surface area contributed by atoms with Gasteiger partial charge in [-0.1, -0.05) is 25.1 Å². The molecule has 0 bridgehead atoms. The number of thiocarbonyl (C=S) groups is 1. The van der Waals surface area contributed by atoms with Crippen molar-refractivity contribution in [2.45, 2.75) is 13.3 Å². The van der Waals surface area contributed by atoms with Crippen molar-refractivity contribution in [1.82, 2.24) is 5.32 Å². The molecule has 120 valence electrons. The summed E-state index contributed by atoms with van der Waals surface area (Å²) in [6.45, 7) is 2.59. The lowest BCUT2D eigenvalue weighted by Crippen LogP contribution is -2.34. The molecule has 0 heterocycles. The van der Waals surface area contributed by atoms with Gasteiger partial charge >= 0.3 is 0 Å². The number of benzene rings is 2. The van der Waals surface area contributed by atoms with Crippen molar-refractivity contribution in [3.05, 3.63) is 59.9 Å². The molecular weight excluding hydrogens is 315 g/mol. The Kier molecular flexibility index (Phi) is 6.05. The van der Waals surface area contributed by atoms with Crippen molar-refractivity contribution in [3.63, 3.8) is 0 Å². The molecule has 0 atom stereocenters. The number of para-hydroxylation sites is 1. The van der Waals surface area contributed by atoms with Crippen LogP contribution in [0.3, 0.4) is 0 Å². The molecule has 0 aliphatic rings. The van der Waals surface area contributed by atoms with Gasteiger partial charge < -0.3 is 10.1 Å². The average Bonchev–Trinajstić information content (AvgIpc) is 2.55. The summed E-state index contributed by atoms with van der Waals surface area (Å²) in [6.07, 6.45) is 0.882. The Labute approximate surface area is 139 Å². The number of hydrogen-bond donors (Lipinski definition) is 2. The van der Waals surface area contributed by atoms with Gasteiger partial charge in [-0.05, 0) is 49.0 Å². The second kappa shape index (κ2) is 8.24. The first-order valence-electron chi connectivity index (χ1n) is 7.20. The van der Waals surface area contributed by atoms with Gasteiger partial charge in [-0.3, -0.25) is 10.1 Å². The van der Waals surface area contributed by atoms with E-state index in [1.807, 2.05) is 6.92 Å². The van der Waals surface area contributed by atoms with Gasteiger partial charge in [0.15, 0.2) is 5.11 Å². The Hall–Kier alpha value is -2.47. The highest BCUT2D eigenvalue weighted by Gasteiger charge is 2.10. The molecule has 23 heavy (non-hydrogen) atoms. The van der Waals surface area contributed by atoms with E-state index in [1.165, 1.54) is 12.1 Å². The van der Waals surface area contributed by atoms with Crippen LogP contribution in [0, 0.1) is 5.82 Å². The fraction of sp³-hybridized carbons (Fsp3) is 0.176. The molecule has 0 radical (unpaired) electrons. The predicted molar refractivity (Wildman–Crippen MR) is 92.3 cm³/mol. The lowest BCUT2D eigenvalue weighted by atomic mass is 10.2. The van der Waals surface area contributed by atoms with Crippen molar-refractivity contribution < 1.29 is 13.9 Å². The van der Waals surface area contributed by atoms with E-state index in [4.69, 9.17) is 17.0 Å². The molecule has 0 spiro atoms. The minimum Gasteiger partial charge on any atom is -0.494 e. The molecule has 2 N–H and O–H groups in total. The highest BCUT2D eigenvalue weighted by molar-refractivity contribution is 7.80. The maximum Gasteiger partial charge on any atom is 0.257 e. The zero-order valence-corrected chi connectivity index (χ0v) is 13.5. The summed E-state index contributed by atoms with van der Waals surface area (Å²) in [5, 5.41) is 5.20. The number of nitrogens with one attached hydrogen (secondary N) is 2. The second-order valence-corrected chi connectivity index (χ2v) is 5.17. The van der Waals surface area contributed by atoms with E-state index in [0.717, 1.165) is 6.42 Å². The van der Waals surface area contributed by atoms with E-state index < -0.39 is 5.82 Å². The first-order valence-corrected chi connectivity index (χ1v) is 7.60. The van der Waals surface area contributed by atoms with E-state index in [1.54, 1.807) is 36.4 Å². The highest BCUT2D eigenvalue weighted by Crippen LogP contribution is 2.14. The summed E-state index contributed by atoms with van der Waals surface area (Å²) < 4.78 is 19.0. The minimum absolute atomic E-state index is 0.0278.